The Balaban J connectivity index is 1.43. The lowest BCUT2D eigenvalue weighted by Crippen LogP contribution is -2.43. The van der Waals surface area contributed by atoms with Gasteiger partial charge in [-0.3, -0.25) is 9.08 Å². The summed E-state index contributed by atoms with van der Waals surface area (Å²) in [6.07, 6.45) is 17.1. The van der Waals surface area contributed by atoms with Gasteiger partial charge in [-0.2, -0.15) is 5.10 Å². The van der Waals surface area contributed by atoms with Gasteiger partial charge in [0.25, 0.3) is 0 Å². The highest BCUT2D eigenvalue weighted by Crippen LogP contribution is 2.47. The van der Waals surface area contributed by atoms with Crippen molar-refractivity contribution in [3.63, 3.8) is 0 Å². The van der Waals surface area contributed by atoms with E-state index in [2.05, 4.69) is 71.9 Å². The summed E-state index contributed by atoms with van der Waals surface area (Å²) in [6.45, 7) is 0. The molecule has 0 saturated carbocycles. The molecule has 4 aromatic heterocycles. The summed E-state index contributed by atoms with van der Waals surface area (Å²) in [7, 11) is 0. The molecule has 49 heavy (non-hydrogen) atoms. The van der Waals surface area contributed by atoms with Crippen molar-refractivity contribution >= 4 is 40.3 Å². The molecule has 1 aliphatic rings. The Labute approximate surface area is 296 Å². The topological polar surface area (TPSA) is 35.1 Å². The number of benzene rings is 3. The zero-order valence-corrected chi connectivity index (χ0v) is 28.7. The average molecular weight is 703 g/mol. The van der Waals surface area contributed by atoms with Crippen LogP contribution in [-0.2, 0) is 5.54 Å². The highest BCUT2D eigenvalue weighted by molar-refractivity contribution is 8.00. The number of hydrogen-bond donors (Lipinski definition) is 0. The smallest absolute Gasteiger partial charge is 0.156 e. The maximum atomic E-state index is 15.8. The fraction of sp³-hybridized carbons (Fsp3) is 0.100. The lowest BCUT2D eigenvalue weighted by atomic mass is 9.70. The van der Waals surface area contributed by atoms with Crippen molar-refractivity contribution in [3.8, 4) is 33.0 Å². The maximum Gasteiger partial charge on any atom is 0.156 e. The molecule has 3 aromatic carbocycles. The molecule has 8 rings (SSSR count). The van der Waals surface area contributed by atoms with Gasteiger partial charge in [0.2, 0.25) is 0 Å². The van der Waals surface area contributed by atoms with E-state index in [1.54, 1.807) is 23.1 Å². The van der Waals surface area contributed by atoms with Crippen LogP contribution in [0.5, 0.6) is 0 Å². The Morgan fingerprint density at radius 3 is 2.29 bits per heavy atom. The van der Waals surface area contributed by atoms with Crippen molar-refractivity contribution in [2.45, 2.75) is 16.2 Å². The van der Waals surface area contributed by atoms with Gasteiger partial charge in [0, 0.05) is 41.1 Å². The Hall–Kier alpha value is -4.76. The van der Waals surface area contributed by atoms with Crippen molar-refractivity contribution in [2.75, 3.05) is 6.26 Å². The predicted molar refractivity (Wildman–Crippen MR) is 197 cm³/mol. The van der Waals surface area contributed by atoms with Crippen LogP contribution in [0.2, 0.25) is 5.02 Å². The first-order valence-electron chi connectivity index (χ1n) is 15.8. The normalized spacial score (nSPS) is 14.6. The molecule has 7 aromatic rings. The van der Waals surface area contributed by atoms with Gasteiger partial charge in [0.1, 0.15) is 22.9 Å². The number of rotatable bonds is 8. The lowest BCUT2D eigenvalue weighted by Gasteiger charge is -2.41. The summed E-state index contributed by atoms with van der Waals surface area (Å²) in [5.41, 5.74) is 4.67. The predicted octanol–water partition coefficient (Wildman–Crippen LogP) is 11.2. The largest absolute Gasteiger partial charge is 0.297 e. The molecule has 0 N–H and O–H groups in total. The van der Waals surface area contributed by atoms with E-state index < -0.39 is 17.2 Å². The third kappa shape index (κ3) is 5.44. The molecular weight excluding hydrogens is 674 g/mol. The van der Waals surface area contributed by atoms with Crippen molar-refractivity contribution in [2.24, 2.45) is 5.92 Å². The van der Waals surface area contributed by atoms with Gasteiger partial charge < -0.3 is 0 Å². The molecule has 0 amide bonds. The minimum Gasteiger partial charge on any atom is -0.297 e. The minimum atomic E-state index is -0.827. The number of pyridine rings is 1. The first kappa shape index (κ1) is 31.5. The number of fused-ring (bicyclic) bond motifs is 1. The van der Waals surface area contributed by atoms with Crippen LogP contribution in [0.15, 0.2) is 144 Å². The molecule has 4 heterocycles. The van der Waals surface area contributed by atoms with E-state index in [0.29, 0.717) is 21.9 Å². The standard InChI is InChI=1S/C40H29ClF2N4S2/c1-48-37-20-19-36(49-37)35-23-44-39-33(41)21-26(24-46(35)39)32-25-47(45-38(32)31-18-17-30(42)22-34(31)43)40(27-11-5-2-6-12-27,28-13-7-3-8-14-28)29-15-9-4-10-16-29/h2-15,17-25,29H,16H2,1H3. The molecule has 0 fully saturated rings. The van der Waals surface area contributed by atoms with Gasteiger partial charge in [0.05, 0.1) is 26.0 Å². The van der Waals surface area contributed by atoms with Crippen molar-refractivity contribution in [3.05, 3.63) is 168 Å². The van der Waals surface area contributed by atoms with Crippen LogP contribution in [0, 0.1) is 17.6 Å². The fourth-order valence-electron chi connectivity index (χ4n) is 6.89. The molecule has 1 atom stereocenters. The highest BCUT2D eigenvalue weighted by atomic mass is 35.5. The van der Waals surface area contributed by atoms with Crippen molar-refractivity contribution in [1.82, 2.24) is 19.2 Å². The van der Waals surface area contributed by atoms with E-state index in [1.165, 1.54) is 16.3 Å². The van der Waals surface area contributed by atoms with Gasteiger partial charge in [-0.25, -0.2) is 13.8 Å². The summed E-state index contributed by atoms with van der Waals surface area (Å²) >= 11 is 10.3. The van der Waals surface area contributed by atoms with E-state index in [0.717, 1.165) is 39.7 Å². The summed E-state index contributed by atoms with van der Waals surface area (Å²) < 4.78 is 35.2. The van der Waals surface area contributed by atoms with Gasteiger partial charge in [-0.1, -0.05) is 96.6 Å². The number of allylic oxidation sites excluding steroid dienone is 4. The fourth-order valence-corrected chi connectivity index (χ4v) is 8.70. The third-order valence-electron chi connectivity index (χ3n) is 9.11. The molecule has 1 unspecified atom stereocenters. The molecule has 1 aliphatic carbocycles. The van der Waals surface area contributed by atoms with Crippen LogP contribution >= 0.6 is 34.7 Å². The molecular formula is C40H29ClF2N4S2. The Morgan fingerprint density at radius 2 is 1.63 bits per heavy atom. The molecule has 0 bridgehead atoms. The van der Waals surface area contributed by atoms with E-state index >= 15 is 4.39 Å². The first-order chi connectivity index (χ1) is 24.0. The molecule has 9 heteroatoms. The number of thioether (sulfide) groups is 1. The van der Waals surface area contributed by atoms with E-state index in [1.807, 2.05) is 70.1 Å². The minimum absolute atomic E-state index is 0.0447. The zero-order valence-electron chi connectivity index (χ0n) is 26.3. The number of imidazole rings is 1. The Morgan fingerprint density at radius 1 is 0.878 bits per heavy atom. The van der Waals surface area contributed by atoms with Crippen LogP contribution in [0.1, 0.15) is 17.5 Å². The molecule has 0 aliphatic heterocycles. The van der Waals surface area contributed by atoms with Gasteiger partial charge in [0.15, 0.2) is 5.65 Å². The third-order valence-corrected chi connectivity index (χ3v) is 11.6. The quantitative estimate of drug-likeness (QED) is 0.148. The number of halogens is 3. The monoisotopic (exact) mass is 702 g/mol. The molecule has 0 spiro atoms. The summed E-state index contributed by atoms with van der Waals surface area (Å²) in [4.78, 5) is 5.70. The second kappa shape index (κ2) is 12.9. The number of nitrogens with zero attached hydrogens (tertiary/aromatic N) is 4. The number of thiophene rings is 1. The van der Waals surface area contributed by atoms with Crippen LogP contribution < -0.4 is 0 Å². The SMILES string of the molecule is CSc1ccc(-c2cnc3c(Cl)cc(-c4cn(C(c5ccccc5)(c5ccccc5)C5C=CC=CC5)nc4-c4ccc(F)cc4F)cn23)s1. The Kier molecular flexibility index (Phi) is 8.31. The Bertz CT molecular complexity index is 2320. The van der Waals surface area contributed by atoms with E-state index in [-0.39, 0.29) is 11.5 Å². The second-order valence-corrected chi connectivity index (χ2v) is 14.4. The lowest BCUT2D eigenvalue weighted by molar-refractivity contribution is 0.293. The summed E-state index contributed by atoms with van der Waals surface area (Å²) in [5, 5.41) is 5.71. The van der Waals surface area contributed by atoms with Gasteiger partial charge >= 0.3 is 0 Å². The average Bonchev–Trinajstić information content (AvgIpc) is 3.89. The van der Waals surface area contributed by atoms with Crippen LogP contribution in [0.25, 0.3) is 38.6 Å². The highest BCUT2D eigenvalue weighted by Gasteiger charge is 2.44. The number of hydrogen-bond acceptors (Lipinski definition) is 4. The van der Waals surface area contributed by atoms with Crippen LogP contribution in [-0.4, -0.2) is 25.4 Å². The molecule has 0 radical (unpaired) electrons. The molecule has 4 nitrogen and oxygen atoms in total. The van der Waals surface area contributed by atoms with Crippen molar-refractivity contribution < 1.29 is 8.78 Å². The first-order valence-corrected chi connectivity index (χ1v) is 18.2. The van der Waals surface area contributed by atoms with E-state index in [4.69, 9.17) is 16.7 Å². The van der Waals surface area contributed by atoms with Gasteiger partial charge in [-0.05, 0) is 54.1 Å². The second-order valence-electron chi connectivity index (χ2n) is 11.9. The van der Waals surface area contributed by atoms with E-state index in [9.17, 15) is 4.39 Å². The van der Waals surface area contributed by atoms with Gasteiger partial charge in [-0.15, -0.1) is 23.1 Å². The summed E-state index contributed by atoms with van der Waals surface area (Å²) in [6, 6.07) is 30.2. The zero-order chi connectivity index (χ0) is 33.5. The molecule has 0 saturated heterocycles. The maximum absolute atomic E-state index is 15.8. The number of aromatic nitrogens is 4. The molecule has 242 valence electrons. The van der Waals surface area contributed by atoms with Crippen LogP contribution in [0.4, 0.5) is 8.78 Å². The summed E-state index contributed by atoms with van der Waals surface area (Å²) in [5.74, 6) is -1.40. The van der Waals surface area contributed by atoms with Crippen LogP contribution in [0.3, 0.4) is 0 Å². The van der Waals surface area contributed by atoms with Crippen molar-refractivity contribution in [1.29, 1.82) is 0 Å².